The van der Waals surface area contributed by atoms with Gasteiger partial charge in [-0.2, -0.15) is 0 Å². The highest BCUT2D eigenvalue weighted by Gasteiger charge is 2.24. The van der Waals surface area contributed by atoms with Crippen molar-refractivity contribution in [2.45, 2.75) is 276 Å². The maximum Gasteiger partial charge on any atom is 0.268 e. The molecule has 0 aromatic carbocycles. The van der Waals surface area contributed by atoms with E-state index in [4.69, 9.17) is 9.05 Å². The Morgan fingerprint density at radius 1 is 0.556 bits per heavy atom. The Morgan fingerprint density at radius 3 is 1.32 bits per heavy atom. The molecule has 1 amide bonds. The lowest BCUT2D eigenvalue weighted by Gasteiger charge is -2.30. The van der Waals surface area contributed by atoms with E-state index in [0.29, 0.717) is 23.9 Å². The molecule has 3 unspecified atom stereocenters. The molecular weight excluding hydrogens is 804 g/mol. The van der Waals surface area contributed by atoms with Gasteiger partial charge in [0.2, 0.25) is 5.91 Å². The zero-order valence-corrected chi connectivity index (χ0v) is 43.4. The van der Waals surface area contributed by atoms with E-state index in [9.17, 15) is 19.4 Å². The van der Waals surface area contributed by atoms with Gasteiger partial charge >= 0.3 is 0 Å². The van der Waals surface area contributed by atoms with Crippen molar-refractivity contribution in [3.8, 4) is 0 Å². The Hall–Kier alpha value is -1.02. The van der Waals surface area contributed by atoms with Gasteiger partial charge < -0.3 is 28.8 Å². The Labute approximate surface area is 392 Å². The summed E-state index contributed by atoms with van der Waals surface area (Å²) in [4.78, 5) is 25.5. The van der Waals surface area contributed by atoms with Crippen molar-refractivity contribution >= 4 is 13.7 Å². The van der Waals surface area contributed by atoms with Gasteiger partial charge in [0.15, 0.2) is 0 Å². The number of carbonyl (C=O) groups excluding carboxylic acids is 1. The second-order valence-corrected chi connectivity index (χ2v) is 21.4. The number of hydrogen-bond donors (Lipinski definition) is 2. The van der Waals surface area contributed by atoms with Crippen LogP contribution in [0.5, 0.6) is 0 Å². The number of amides is 1. The molecule has 0 bridgehead atoms. The first-order valence-corrected chi connectivity index (χ1v) is 28.7. The molecule has 0 aliphatic rings. The monoisotopic (exact) mass is 911 g/mol. The van der Waals surface area contributed by atoms with Crippen LogP contribution in [0, 0.1) is 0 Å². The molecule has 8 nitrogen and oxygen atoms in total. The molecule has 0 aliphatic heterocycles. The molecule has 0 aromatic heterocycles. The highest BCUT2D eigenvalue weighted by Crippen LogP contribution is 2.38. The molecule has 0 heterocycles. The van der Waals surface area contributed by atoms with Crippen LogP contribution in [0.1, 0.15) is 264 Å². The Morgan fingerprint density at radius 2 is 0.905 bits per heavy atom. The van der Waals surface area contributed by atoms with Gasteiger partial charge in [0.25, 0.3) is 7.82 Å². The fourth-order valence-corrected chi connectivity index (χ4v) is 8.87. The molecular formula is C54H107N2O6P. The number of quaternary nitrogens is 1. The highest BCUT2D eigenvalue weighted by molar-refractivity contribution is 7.45. The Balaban J connectivity index is 4.20. The first-order valence-electron chi connectivity index (χ1n) is 27.2. The summed E-state index contributed by atoms with van der Waals surface area (Å²) >= 11 is 0. The molecule has 0 saturated carbocycles. The van der Waals surface area contributed by atoms with Crippen LogP contribution in [0.2, 0.25) is 0 Å². The molecule has 0 saturated heterocycles. The third-order valence-corrected chi connectivity index (χ3v) is 13.4. The molecule has 63 heavy (non-hydrogen) atoms. The van der Waals surface area contributed by atoms with Crippen LogP contribution in [0.15, 0.2) is 24.3 Å². The lowest BCUT2D eigenvalue weighted by atomic mass is 10.0. The standard InChI is InChI=1S/C54H107N2O6P/c1-6-8-10-12-14-16-18-20-22-24-26-27-28-30-31-33-35-37-39-41-43-45-47-53(57)52(51-62-63(59,60)61-50-49-56(3,4)5)55-54(58)48-46-44-42-40-38-36-34-32-29-25-23-21-19-17-15-13-11-9-7-2/h15,17,19,21,52-53,57H,6-14,16,18,20,22-51H2,1-5H3,(H-,55,58,59,60)/b17-15-,21-19-. The van der Waals surface area contributed by atoms with Crippen LogP contribution in [-0.2, 0) is 18.4 Å². The van der Waals surface area contributed by atoms with Gasteiger partial charge in [0, 0.05) is 6.42 Å². The molecule has 0 radical (unpaired) electrons. The van der Waals surface area contributed by atoms with Crippen molar-refractivity contribution in [3.05, 3.63) is 24.3 Å². The van der Waals surface area contributed by atoms with Crippen LogP contribution in [-0.4, -0.2) is 68.5 Å². The highest BCUT2D eigenvalue weighted by atomic mass is 31.2. The quantitative estimate of drug-likeness (QED) is 0.0272. The summed E-state index contributed by atoms with van der Waals surface area (Å²) in [6.45, 7) is 4.72. The van der Waals surface area contributed by atoms with Crippen molar-refractivity contribution in [1.82, 2.24) is 5.32 Å². The van der Waals surface area contributed by atoms with Crippen molar-refractivity contribution in [2.24, 2.45) is 0 Å². The van der Waals surface area contributed by atoms with Crippen LogP contribution in [0.3, 0.4) is 0 Å². The van der Waals surface area contributed by atoms with Crippen LogP contribution >= 0.6 is 7.82 Å². The van der Waals surface area contributed by atoms with E-state index < -0.39 is 20.0 Å². The van der Waals surface area contributed by atoms with Crippen LogP contribution in [0.25, 0.3) is 0 Å². The van der Waals surface area contributed by atoms with Crippen LogP contribution < -0.4 is 10.2 Å². The number of carbonyl (C=O) groups is 1. The summed E-state index contributed by atoms with van der Waals surface area (Å²) in [5.41, 5.74) is 0. The van der Waals surface area contributed by atoms with Gasteiger partial charge in [0.1, 0.15) is 13.2 Å². The van der Waals surface area contributed by atoms with Crippen molar-refractivity contribution in [2.75, 3.05) is 40.9 Å². The Bertz CT molecular complexity index is 1080. The molecule has 0 rings (SSSR count). The van der Waals surface area contributed by atoms with Gasteiger partial charge in [-0.15, -0.1) is 0 Å². The lowest BCUT2D eigenvalue weighted by molar-refractivity contribution is -0.870. The lowest BCUT2D eigenvalue weighted by Crippen LogP contribution is -2.46. The second kappa shape index (κ2) is 46.1. The predicted octanol–water partition coefficient (Wildman–Crippen LogP) is 15.4. The fourth-order valence-electron chi connectivity index (χ4n) is 8.15. The largest absolute Gasteiger partial charge is 0.756 e. The van der Waals surface area contributed by atoms with E-state index >= 15 is 0 Å². The fraction of sp³-hybridized carbons (Fsp3) is 0.907. The minimum atomic E-state index is -4.57. The smallest absolute Gasteiger partial charge is 0.268 e. The number of rotatable bonds is 50. The van der Waals surface area contributed by atoms with Crippen molar-refractivity contribution in [3.63, 3.8) is 0 Å². The third kappa shape index (κ3) is 48.7. The molecule has 2 N–H and O–H groups in total. The number of allylic oxidation sites excluding steroid dienone is 4. The van der Waals surface area contributed by atoms with E-state index in [1.54, 1.807) is 0 Å². The summed E-state index contributed by atoms with van der Waals surface area (Å²) < 4.78 is 23.4. The maximum atomic E-state index is 13.0. The summed E-state index contributed by atoms with van der Waals surface area (Å²) in [6, 6.07) is -0.801. The number of nitrogens with one attached hydrogen (secondary N) is 1. The van der Waals surface area contributed by atoms with Crippen molar-refractivity contribution < 1.29 is 32.9 Å². The zero-order valence-electron chi connectivity index (χ0n) is 42.5. The van der Waals surface area contributed by atoms with Gasteiger partial charge in [-0.05, 0) is 38.5 Å². The maximum absolute atomic E-state index is 13.0. The van der Waals surface area contributed by atoms with Gasteiger partial charge in [-0.25, -0.2) is 0 Å². The van der Waals surface area contributed by atoms with E-state index in [2.05, 4.69) is 43.5 Å². The number of unbranched alkanes of at least 4 members (excludes halogenated alkanes) is 34. The number of phosphoric ester groups is 1. The summed E-state index contributed by atoms with van der Waals surface area (Å²) in [5, 5.41) is 14.0. The number of likely N-dealkylation sites (N-methyl/N-ethyl adjacent to an activating group) is 1. The van der Waals surface area contributed by atoms with Crippen LogP contribution in [0.4, 0.5) is 0 Å². The predicted molar refractivity (Wildman–Crippen MR) is 270 cm³/mol. The molecule has 0 spiro atoms. The average Bonchev–Trinajstić information content (AvgIpc) is 3.24. The van der Waals surface area contributed by atoms with E-state index in [1.807, 2.05) is 21.1 Å². The number of aliphatic hydroxyl groups is 1. The number of aliphatic hydroxyl groups excluding tert-OH is 1. The van der Waals surface area contributed by atoms with Gasteiger partial charge in [-0.3, -0.25) is 9.36 Å². The molecule has 374 valence electrons. The van der Waals surface area contributed by atoms with Gasteiger partial charge in [-0.1, -0.05) is 244 Å². The summed E-state index contributed by atoms with van der Waals surface area (Å²) in [7, 11) is 1.31. The normalized spacial score (nSPS) is 14.2. The summed E-state index contributed by atoms with van der Waals surface area (Å²) in [6.07, 6.45) is 56.2. The second-order valence-electron chi connectivity index (χ2n) is 20.0. The van der Waals surface area contributed by atoms with Gasteiger partial charge in [0.05, 0.1) is 39.9 Å². The topological polar surface area (TPSA) is 108 Å². The van der Waals surface area contributed by atoms with Crippen molar-refractivity contribution in [1.29, 1.82) is 0 Å². The number of phosphoric acid groups is 1. The van der Waals surface area contributed by atoms with E-state index in [-0.39, 0.29) is 19.1 Å². The minimum Gasteiger partial charge on any atom is -0.756 e. The molecule has 9 heteroatoms. The molecule has 0 aliphatic carbocycles. The first-order chi connectivity index (χ1) is 30.5. The number of hydrogen-bond acceptors (Lipinski definition) is 6. The summed E-state index contributed by atoms with van der Waals surface area (Å²) in [5.74, 6) is -0.166. The SMILES string of the molecule is CCCCC/C=C\C=C/CCCCCCCCCCCCC(=O)NC(COP(=O)([O-])OCC[N+](C)(C)C)C(O)CCCCCCCCCCCCCCCCCCCCCCCC. The Kier molecular flexibility index (Phi) is 45.4. The molecule has 3 atom stereocenters. The zero-order chi connectivity index (χ0) is 46.4. The molecule has 0 fully saturated rings. The average molecular weight is 911 g/mol. The van der Waals surface area contributed by atoms with E-state index in [0.717, 1.165) is 38.5 Å². The first kappa shape index (κ1) is 62.0. The number of nitrogens with zero attached hydrogens (tertiary/aromatic N) is 1. The molecule has 0 aromatic rings. The van der Waals surface area contributed by atoms with E-state index in [1.165, 1.54) is 199 Å². The minimum absolute atomic E-state index is 0.0126. The third-order valence-electron chi connectivity index (χ3n) is 12.5.